The third-order valence-electron chi connectivity index (χ3n) is 5.43. The smallest absolute Gasteiger partial charge is 0.171 e. The molecular formula is C25H23BrF2N2O3. The molecule has 0 spiro atoms. The number of ether oxygens (including phenoxy) is 2. The Bertz CT molecular complexity index is 1120. The van der Waals surface area contributed by atoms with Gasteiger partial charge in [0.1, 0.15) is 24.0 Å². The van der Waals surface area contributed by atoms with Crippen molar-refractivity contribution in [2.24, 2.45) is 0 Å². The molecule has 1 aromatic heterocycles. The van der Waals surface area contributed by atoms with Gasteiger partial charge in [0.2, 0.25) is 0 Å². The number of Topliss-reactive ketones (excluding diaryl/α,β-unsaturated/α-hetero) is 1. The molecule has 0 N–H and O–H groups in total. The number of halogens is 3. The van der Waals surface area contributed by atoms with Gasteiger partial charge in [0.05, 0.1) is 18.8 Å². The Morgan fingerprint density at radius 3 is 2.67 bits per heavy atom. The Hall–Kier alpha value is -2.68. The molecule has 33 heavy (non-hydrogen) atoms. The molecule has 5 nitrogen and oxygen atoms in total. The number of hydrogen-bond acceptors (Lipinski definition) is 5. The summed E-state index contributed by atoms with van der Waals surface area (Å²) in [6, 6.07) is 10.5. The maximum Gasteiger partial charge on any atom is 0.171 e. The molecule has 2 aromatic carbocycles. The van der Waals surface area contributed by atoms with E-state index in [1.54, 1.807) is 24.5 Å². The number of pyridine rings is 1. The minimum Gasteiger partial charge on any atom is -0.488 e. The average Bonchev–Trinajstić information content (AvgIpc) is 2.81. The standard InChI is InChI=1S/C25H23BrF2N2O3/c26-22-13-21(24(31)10-17-2-1-5-29-14-17)25(11-19(22)15-30-6-8-32-9-7-30)33-16-18-3-4-20(27)12-23(18)28/h1-5,11-14H,6-10,15-16H2. The molecule has 3 aromatic rings. The molecule has 0 atom stereocenters. The predicted octanol–water partition coefficient (Wildman–Crippen LogP) is 4.96. The summed E-state index contributed by atoms with van der Waals surface area (Å²) in [5.74, 6) is -1.13. The van der Waals surface area contributed by atoms with Crippen LogP contribution in [-0.2, 0) is 24.3 Å². The Labute approximate surface area is 199 Å². The van der Waals surface area contributed by atoms with Gasteiger partial charge in [0.25, 0.3) is 0 Å². The predicted molar refractivity (Wildman–Crippen MR) is 123 cm³/mol. The molecule has 4 rings (SSSR count). The van der Waals surface area contributed by atoms with Crippen molar-refractivity contribution in [3.8, 4) is 5.75 Å². The lowest BCUT2D eigenvalue weighted by Crippen LogP contribution is -2.35. The van der Waals surface area contributed by atoms with E-state index in [0.717, 1.165) is 34.8 Å². The summed E-state index contributed by atoms with van der Waals surface area (Å²) in [5.41, 5.74) is 2.33. The van der Waals surface area contributed by atoms with E-state index in [2.05, 4.69) is 25.8 Å². The third kappa shape index (κ3) is 6.22. The van der Waals surface area contributed by atoms with Crippen molar-refractivity contribution < 1.29 is 23.0 Å². The van der Waals surface area contributed by atoms with Crippen LogP contribution in [0.15, 0.2) is 59.3 Å². The quantitative estimate of drug-likeness (QED) is 0.396. The number of nitrogens with zero attached hydrogens (tertiary/aromatic N) is 2. The number of morpholine rings is 1. The topological polar surface area (TPSA) is 51.7 Å². The van der Waals surface area contributed by atoms with Gasteiger partial charge in [-0.3, -0.25) is 14.7 Å². The van der Waals surface area contributed by atoms with Gasteiger partial charge < -0.3 is 9.47 Å². The summed E-state index contributed by atoms with van der Waals surface area (Å²) in [4.78, 5) is 19.4. The van der Waals surface area contributed by atoms with Crippen LogP contribution in [0.5, 0.6) is 5.75 Å². The van der Waals surface area contributed by atoms with E-state index in [-0.39, 0.29) is 24.4 Å². The van der Waals surface area contributed by atoms with E-state index in [4.69, 9.17) is 9.47 Å². The van der Waals surface area contributed by atoms with Crippen molar-refractivity contribution >= 4 is 21.7 Å². The number of rotatable bonds is 8. The number of carbonyl (C=O) groups is 1. The Morgan fingerprint density at radius 2 is 1.94 bits per heavy atom. The second-order valence-electron chi connectivity index (χ2n) is 7.81. The van der Waals surface area contributed by atoms with E-state index in [9.17, 15) is 13.6 Å². The van der Waals surface area contributed by atoms with Gasteiger partial charge in [0.15, 0.2) is 5.78 Å². The number of hydrogen-bond donors (Lipinski definition) is 0. The van der Waals surface area contributed by atoms with Crippen molar-refractivity contribution in [3.63, 3.8) is 0 Å². The van der Waals surface area contributed by atoms with Crippen LogP contribution in [0.3, 0.4) is 0 Å². The lowest BCUT2D eigenvalue weighted by atomic mass is 10.0. The average molecular weight is 517 g/mol. The van der Waals surface area contributed by atoms with Crippen molar-refractivity contribution in [2.45, 2.75) is 19.6 Å². The minimum absolute atomic E-state index is 0.127. The third-order valence-corrected chi connectivity index (χ3v) is 6.17. The van der Waals surface area contributed by atoms with E-state index in [1.807, 2.05) is 12.1 Å². The fourth-order valence-electron chi connectivity index (χ4n) is 3.63. The minimum atomic E-state index is -0.691. The highest BCUT2D eigenvalue weighted by molar-refractivity contribution is 9.10. The summed E-state index contributed by atoms with van der Waals surface area (Å²) in [7, 11) is 0. The molecule has 1 aliphatic rings. The molecule has 8 heteroatoms. The lowest BCUT2D eigenvalue weighted by Gasteiger charge is -2.27. The highest BCUT2D eigenvalue weighted by atomic mass is 79.9. The van der Waals surface area contributed by atoms with Gasteiger partial charge in [0, 0.05) is 54.6 Å². The fraction of sp³-hybridized carbons (Fsp3) is 0.280. The van der Waals surface area contributed by atoms with Gasteiger partial charge in [-0.1, -0.05) is 22.0 Å². The molecule has 1 saturated heterocycles. The maximum absolute atomic E-state index is 14.1. The van der Waals surface area contributed by atoms with Crippen molar-refractivity contribution in [1.29, 1.82) is 0 Å². The molecule has 172 valence electrons. The largest absolute Gasteiger partial charge is 0.488 e. The first-order valence-corrected chi connectivity index (χ1v) is 11.4. The fourth-order valence-corrected chi connectivity index (χ4v) is 4.10. The number of aromatic nitrogens is 1. The summed E-state index contributed by atoms with van der Waals surface area (Å²) < 4.78 is 39.5. The van der Waals surface area contributed by atoms with Crippen molar-refractivity contribution in [3.05, 3.63) is 93.2 Å². The number of ketones is 1. The van der Waals surface area contributed by atoms with Crippen LogP contribution < -0.4 is 4.74 Å². The number of carbonyl (C=O) groups excluding carboxylic acids is 1. The van der Waals surface area contributed by atoms with E-state index < -0.39 is 11.6 Å². The SMILES string of the molecule is O=C(Cc1cccnc1)c1cc(Br)c(CN2CCOCC2)cc1OCc1ccc(F)cc1F. The summed E-state index contributed by atoms with van der Waals surface area (Å²) in [6.07, 6.45) is 3.45. The van der Waals surface area contributed by atoms with Crippen molar-refractivity contribution in [2.75, 3.05) is 26.3 Å². The summed E-state index contributed by atoms with van der Waals surface area (Å²) in [6.45, 7) is 3.50. The first-order chi connectivity index (χ1) is 16.0. The van der Waals surface area contributed by atoms with Crippen LogP contribution in [-0.4, -0.2) is 42.0 Å². The monoisotopic (exact) mass is 516 g/mol. The molecule has 2 heterocycles. The van der Waals surface area contributed by atoms with Gasteiger partial charge in [-0.25, -0.2) is 8.78 Å². The van der Waals surface area contributed by atoms with Gasteiger partial charge in [-0.05, 0) is 41.5 Å². The highest BCUT2D eigenvalue weighted by Gasteiger charge is 2.20. The Morgan fingerprint density at radius 1 is 1.12 bits per heavy atom. The summed E-state index contributed by atoms with van der Waals surface area (Å²) in [5, 5.41) is 0. The second-order valence-corrected chi connectivity index (χ2v) is 8.67. The van der Waals surface area contributed by atoms with E-state index in [0.29, 0.717) is 31.1 Å². The first kappa shape index (κ1) is 23.5. The molecule has 0 unspecified atom stereocenters. The van der Waals surface area contributed by atoms with Crippen molar-refractivity contribution in [1.82, 2.24) is 9.88 Å². The summed E-state index contributed by atoms with van der Waals surface area (Å²) >= 11 is 3.60. The molecule has 0 bridgehead atoms. The molecule has 1 aliphatic heterocycles. The zero-order valence-corrected chi connectivity index (χ0v) is 19.5. The molecule has 0 radical (unpaired) electrons. The van der Waals surface area contributed by atoms with Crippen LogP contribution in [0.4, 0.5) is 8.78 Å². The molecule has 0 aliphatic carbocycles. The first-order valence-electron chi connectivity index (χ1n) is 10.6. The van der Waals surface area contributed by atoms with Crippen LogP contribution in [0.25, 0.3) is 0 Å². The highest BCUT2D eigenvalue weighted by Crippen LogP contribution is 2.31. The second kappa shape index (κ2) is 11.0. The molecule has 0 amide bonds. The maximum atomic E-state index is 14.1. The van der Waals surface area contributed by atoms with Gasteiger partial charge in [-0.15, -0.1) is 0 Å². The lowest BCUT2D eigenvalue weighted by molar-refractivity contribution is 0.0340. The Balaban J connectivity index is 1.61. The van der Waals surface area contributed by atoms with Crippen LogP contribution in [0.1, 0.15) is 27.0 Å². The normalized spacial score (nSPS) is 14.3. The van der Waals surface area contributed by atoms with Crippen LogP contribution in [0.2, 0.25) is 0 Å². The zero-order valence-electron chi connectivity index (χ0n) is 17.9. The van der Waals surface area contributed by atoms with Gasteiger partial charge in [-0.2, -0.15) is 0 Å². The van der Waals surface area contributed by atoms with Gasteiger partial charge >= 0.3 is 0 Å². The Kier molecular flexibility index (Phi) is 7.80. The molecule has 1 fully saturated rings. The van der Waals surface area contributed by atoms with E-state index in [1.165, 1.54) is 12.1 Å². The van der Waals surface area contributed by atoms with E-state index >= 15 is 0 Å². The van der Waals surface area contributed by atoms with Crippen LogP contribution in [0, 0.1) is 11.6 Å². The zero-order chi connectivity index (χ0) is 23.2. The molecule has 0 saturated carbocycles. The number of benzene rings is 2. The van der Waals surface area contributed by atoms with Crippen LogP contribution >= 0.6 is 15.9 Å². The molecular weight excluding hydrogens is 494 g/mol.